The molecule has 1 unspecified atom stereocenters. The molecule has 0 aromatic heterocycles. The monoisotopic (exact) mass is 253 g/mol. The lowest BCUT2D eigenvalue weighted by Crippen LogP contribution is -2.51. The third-order valence-electron chi connectivity index (χ3n) is 4.35. The maximum absolute atomic E-state index is 12.4. The van der Waals surface area contributed by atoms with Crippen molar-refractivity contribution in [3.05, 3.63) is 0 Å². The van der Waals surface area contributed by atoms with Crippen molar-refractivity contribution in [2.75, 3.05) is 20.1 Å². The molecule has 4 nitrogen and oxygen atoms in total. The first-order valence-electron chi connectivity index (χ1n) is 7.27. The predicted octanol–water partition coefficient (Wildman–Crippen LogP) is 1.05. The Kier molecular flexibility index (Phi) is 4.28. The number of carbonyl (C=O) groups is 1. The number of rotatable bonds is 5. The molecule has 1 saturated carbocycles. The molecule has 0 radical (unpaired) electrons. The lowest BCUT2D eigenvalue weighted by molar-refractivity contribution is -0.134. The molecule has 1 heterocycles. The molecule has 0 aromatic rings. The second kappa shape index (κ2) is 5.57. The zero-order valence-corrected chi connectivity index (χ0v) is 11.9. The first-order chi connectivity index (χ1) is 8.50. The third kappa shape index (κ3) is 3.04. The van der Waals surface area contributed by atoms with Gasteiger partial charge in [-0.1, -0.05) is 13.8 Å². The molecule has 18 heavy (non-hydrogen) atoms. The van der Waals surface area contributed by atoms with Crippen molar-refractivity contribution in [3.63, 3.8) is 0 Å². The number of nitrogens with two attached hydrogens (primary N) is 1. The maximum atomic E-state index is 12.4. The zero-order valence-electron chi connectivity index (χ0n) is 11.9. The SMILES string of the molecule is CC(C)C(N)C(=O)N(C[C@@H]1CCCN1C)C1CC1. The molecule has 2 rings (SSSR count). The number of likely N-dealkylation sites (N-methyl/N-ethyl adjacent to an activating group) is 1. The number of hydrogen-bond donors (Lipinski definition) is 1. The standard InChI is InChI=1S/C14H27N3O/c1-10(2)13(15)14(18)17(11-6-7-11)9-12-5-4-8-16(12)3/h10-13H,4-9,15H2,1-3H3/t12-,13?/m0/s1. The summed E-state index contributed by atoms with van der Waals surface area (Å²) in [7, 11) is 2.16. The predicted molar refractivity (Wildman–Crippen MR) is 73.2 cm³/mol. The summed E-state index contributed by atoms with van der Waals surface area (Å²) < 4.78 is 0. The second-order valence-corrected chi connectivity index (χ2v) is 6.27. The van der Waals surface area contributed by atoms with Gasteiger partial charge in [-0.05, 0) is 45.2 Å². The highest BCUT2D eigenvalue weighted by Crippen LogP contribution is 2.29. The molecule has 0 aromatic carbocycles. The fourth-order valence-corrected chi connectivity index (χ4v) is 2.72. The molecule has 2 aliphatic rings. The van der Waals surface area contributed by atoms with E-state index in [1.165, 1.54) is 12.8 Å². The van der Waals surface area contributed by atoms with Crippen molar-refractivity contribution in [3.8, 4) is 0 Å². The first kappa shape index (κ1) is 13.8. The summed E-state index contributed by atoms with van der Waals surface area (Å²) in [6.45, 7) is 6.08. The summed E-state index contributed by atoms with van der Waals surface area (Å²) in [5.41, 5.74) is 6.03. The molecule has 1 aliphatic heterocycles. The number of amides is 1. The summed E-state index contributed by atoms with van der Waals surface area (Å²) in [5.74, 6) is 0.382. The Morgan fingerprint density at radius 3 is 2.50 bits per heavy atom. The number of hydrogen-bond acceptors (Lipinski definition) is 3. The van der Waals surface area contributed by atoms with E-state index in [4.69, 9.17) is 5.73 Å². The smallest absolute Gasteiger partial charge is 0.240 e. The molecule has 2 fully saturated rings. The Balaban J connectivity index is 1.97. The van der Waals surface area contributed by atoms with E-state index in [2.05, 4.69) is 16.8 Å². The number of carbonyl (C=O) groups excluding carboxylic acids is 1. The number of nitrogens with zero attached hydrogens (tertiary/aromatic N) is 2. The van der Waals surface area contributed by atoms with Crippen LogP contribution in [0, 0.1) is 5.92 Å². The minimum atomic E-state index is -0.336. The molecule has 1 aliphatic carbocycles. The quantitative estimate of drug-likeness (QED) is 0.797. The summed E-state index contributed by atoms with van der Waals surface area (Å²) in [6.07, 6.45) is 4.79. The highest BCUT2D eigenvalue weighted by molar-refractivity contribution is 5.82. The van der Waals surface area contributed by atoms with Gasteiger partial charge in [-0.25, -0.2) is 0 Å². The van der Waals surface area contributed by atoms with Gasteiger partial charge in [-0.2, -0.15) is 0 Å². The van der Waals surface area contributed by atoms with Crippen LogP contribution in [-0.2, 0) is 4.79 Å². The molecule has 104 valence electrons. The van der Waals surface area contributed by atoms with Gasteiger partial charge in [-0.3, -0.25) is 4.79 Å². The summed E-state index contributed by atoms with van der Waals surface area (Å²) in [5, 5.41) is 0. The van der Waals surface area contributed by atoms with Crippen molar-refractivity contribution < 1.29 is 4.79 Å². The van der Waals surface area contributed by atoms with Crippen molar-refractivity contribution in [2.45, 2.75) is 57.7 Å². The van der Waals surface area contributed by atoms with Crippen molar-refractivity contribution in [1.82, 2.24) is 9.80 Å². The van der Waals surface area contributed by atoms with Crippen molar-refractivity contribution in [2.24, 2.45) is 11.7 Å². The van der Waals surface area contributed by atoms with Crippen LogP contribution in [0.1, 0.15) is 39.5 Å². The molecule has 1 saturated heterocycles. The van der Waals surface area contributed by atoms with Crippen molar-refractivity contribution >= 4 is 5.91 Å². The van der Waals surface area contributed by atoms with E-state index in [9.17, 15) is 4.79 Å². The van der Waals surface area contributed by atoms with Gasteiger partial charge < -0.3 is 15.5 Å². The van der Waals surface area contributed by atoms with E-state index in [1.807, 2.05) is 13.8 Å². The fraction of sp³-hybridized carbons (Fsp3) is 0.929. The molecule has 2 atom stereocenters. The van der Waals surface area contributed by atoms with E-state index >= 15 is 0 Å². The van der Waals surface area contributed by atoms with Gasteiger partial charge in [0.15, 0.2) is 0 Å². The molecule has 4 heteroatoms. The van der Waals surface area contributed by atoms with E-state index in [1.54, 1.807) is 0 Å². The highest BCUT2D eigenvalue weighted by Gasteiger charge is 2.37. The minimum absolute atomic E-state index is 0.160. The Hall–Kier alpha value is -0.610. The van der Waals surface area contributed by atoms with Crippen LogP contribution in [-0.4, -0.2) is 54.0 Å². The minimum Gasteiger partial charge on any atom is -0.337 e. The Morgan fingerprint density at radius 2 is 2.06 bits per heavy atom. The van der Waals surface area contributed by atoms with Gasteiger partial charge in [0, 0.05) is 18.6 Å². The fourth-order valence-electron chi connectivity index (χ4n) is 2.72. The van der Waals surface area contributed by atoms with Crippen LogP contribution >= 0.6 is 0 Å². The molecule has 2 N–H and O–H groups in total. The van der Waals surface area contributed by atoms with Crippen LogP contribution < -0.4 is 5.73 Å². The van der Waals surface area contributed by atoms with Crippen LogP contribution in [0.2, 0.25) is 0 Å². The normalized spacial score (nSPS) is 26.6. The van der Waals surface area contributed by atoms with Crippen LogP contribution in [0.5, 0.6) is 0 Å². The van der Waals surface area contributed by atoms with E-state index < -0.39 is 0 Å². The maximum Gasteiger partial charge on any atom is 0.240 e. The van der Waals surface area contributed by atoms with E-state index in [-0.39, 0.29) is 17.9 Å². The van der Waals surface area contributed by atoms with Crippen molar-refractivity contribution in [1.29, 1.82) is 0 Å². The summed E-state index contributed by atoms with van der Waals surface area (Å²) in [4.78, 5) is 16.9. The Labute approximate surface area is 110 Å². The Morgan fingerprint density at radius 1 is 1.39 bits per heavy atom. The van der Waals surface area contributed by atoms with Crippen LogP contribution in [0.4, 0.5) is 0 Å². The van der Waals surface area contributed by atoms with Crippen LogP contribution in [0.3, 0.4) is 0 Å². The summed E-state index contributed by atoms with van der Waals surface area (Å²) >= 11 is 0. The van der Waals surface area contributed by atoms with Gasteiger partial charge in [0.25, 0.3) is 0 Å². The molecular weight excluding hydrogens is 226 g/mol. The molecule has 0 spiro atoms. The topological polar surface area (TPSA) is 49.6 Å². The van der Waals surface area contributed by atoms with Gasteiger partial charge >= 0.3 is 0 Å². The van der Waals surface area contributed by atoms with Crippen LogP contribution in [0.15, 0.2) is 0 Å². The molecule has 0 bridgehead atoms. The molecular formula is C14H27N3O. The van der Waals surface area contributed by atoms with Gasteiger partial charge in [0.05, 0.1) is 6.04 Å². The van der Waals surface area contributed by atoms with Gasteiger partial charge in [0.1, 0.15) is 0 Å². The average Bonchev–Trinajstić information content (AvgIpc) is 3.09. The van der Waals surface area contributed by atoms with E-state index in [0.717, 1.165) is 25.9 Å². The summed E-state index contributed by atoms with van der Waals surface area (Å²) in [6, 6.07) is 0.669. The lowest BCUT2D eigenvalue weighted by Gasteiger charge is -2.31. The number of likely N-dealkylation sites (tertiary alicyclic amines) is 1. The molecule has 1 amide bonds. The van der Waals surface area contributed by atoms with Gasteiger partial charge in [0.2, 0.25) is 5.91 Å². The second-order valence-electron chi connectivity index (χ2n) is 6.27. The largest absolute Gasteiger partial charge is 0.337 e. The lowest BCUT2D eigenvalue weighted by atomic mass is 10.0. The third-order valence-corrected chi connectivity index (χ3v) is 4.35. The first-order valence-corrected chi connectivity index (χ1v) is 7.27. The van der Waals surface area contributed by atoms with Crippen LogP contribution in [0.25, 0.3) is 0 Å². The highest BCUT2D eigenvalue weighted by atomic mass is 16.2. The zero-order chi connectivity index (χ0) is 13.3. The Bertz CT molecular complexity index is 301. The van der Waals surface area contributed by atoms with Gasteiger partial charge in [-0.15, -0.1) is 0 Å². The van der Waals surface area contributed by atoms with E-state index in [0.29, 0.717) is 12.1 Å². The average molecular weight is 253 g/mol.